The lowest BCUT2D eigenvalue weighted by Crippen LogP contribution is -2.22. The molecule has 0 saturated heterocycles. The van der Waals surface area contributed by atoms with E-state index in [1.807, 2.05) is 12.1 Å². The van der Waals surface area contributed by atoms with Crippen molar-refractivity contribution in [2.24, 2.45) is 0 Å². The molecular formula is C18H20O2. The lowest BCUT2D eigenvalue weighted by atomic mass is 10.1. The number of ether oxygens (including phenoxy) is 2. The Bertz CT molecular complexity index is 604. The predicted molar refractivity (Wildman–Crippen MR) is 80.6 cm³/mol. The summed E-state index contributed by atoms with van der Waals surface area (Å²) in [6, 6.07) is 14.6. The quantitative estimate of drug-likeness (QED) is 0.836. The Balaban J connectivity index is 1.60. The molecule has 104 valence electrons. The predicted octanol–water partition coefficient (Wildman–Crippen LogP) is 3.94. The summed E-state index contributed by atoms with van der Waals surface area (Å²) in [4.78, 5) is 0. The minimum Gasteiger partial charge on any atom is -0.490 e. The molecule has 20 heavy (non-hydrogen) atoms. The van der Waals surface area contributed by atoms with Gasteiger partial charge in [-0.15, -0.1) is 0 Å². The number of aryl methyl sites for hydroxylation is 2. The smallest absolute Gasteiger partial charge is 0.137 e. The first kappa shape index (κ1) is 13.0. The third kappa shape index (κ3) is 2.79. The second-order valence-electron chi connectivity index (χ2n) is 5.37. The number of hydrogen-bond donors (Lipinski definition) is 0. The van der Waals surface area contributed by atoms with Gasteiger partial charge < -0.3 is 9.47 Å². The van der Waals surface area contributed by atoms with Crippen LogP contribution in [-0.4, -0.2) is 12.7 Å². The van der Waals surface area contributed by atoms with Crippen molar-refractivity contribution in [2.45, 2.75) is 32.8 Å². The number of rotatable bonds is 4. The van der Waals surface area contributed by atoms with E-state index in [9.17, 15) is 0 Å². The molecular weight excluding hydrogens is 248 g/mol. The van der Waals surface area contributed by atoms with Gasteiger partial charge in [0.2, 0.25) is 0 Å². The first-order chi connectivity index (χ1) is 9.74. The molecule has 0 saturated carbocycles. The molecule has 3 rings (SSSR count). The maximum absolute atomic E-state index is 5.92. The van der Waals surface area contributed by atoms with Crippen molar-refractivity contribution in [3.63, 3.8) is 0 Å². The van der Waals surface area contributed by atoms with E-state index in [1.54, 1.807) is 0 Å². The Hall–Kier alpha value is -1.96. The second-order valence-corrected chi connectivity index (χ2v) is 5.37. The van der Waals surface area contributed by atoms with E-state index >= 15 is 0 Å². The van der Waals surface area contributed by atoms with Gasteiger partial charge >= 0.3 is 0 Å². The fraction of sp³-hybridized carbons (Fsp3) is 0.333. The largest absolute Gasteiger partial charge is 0.490 e. The van der Waals surface area contributed by atoms with E-state index < -0.39 is 0 Å². The summed E-state index contributed by atoms with van der Waals surface area (Å²) < 4.78 is 11.8. The topological polar surface area (TPSA) is 18.5 Å². The van der Waals surface area contributed by atoms with Crippen LogP contribution in [-0.2, 0) is 12.8 Å². The van der Waals surface area contributed by atoms with Crippen LogP contribution in [0.5, 0.6) is 11.5 Å². The summed E-state index contributed by atoms with van der Waals surface area (Å²) in [6.07, 6.45) is 2.09. The van der Waals surface area contributed by atoms with Crippen molar-refractivity contribution < 1.29 is 9.47 Å². The van der Waals surface area contributed by atoms with Crippen LogP contribution in [0.3, 0.4) is 0 Å². The summed E-state index contributed by atoms with van der Waals surface area (Å²) in [5.74, 6) is 1.94. The van der Waals surface area contributed by atoms with Crippen LogP contribution in [0.1, 0.15) is 23.6 Å². The molecule has 2 aromatic carbocycles. The zero-order valence-corrected chi connectivity index (χ0v) is 12.1. The molecule has 2 nitrogen and oxygen atoms in total. The minimum atomic E-state index is 0.122. The van der Waals surface area contributed by atoms with Crippen LogP contribution in [0.2, 0.25) is 0 Å². The Labute approximate surface area is 120 Å². The average molecular weight is 268 g/mol. The van der Waals surface area contributed by atoms with Gasteiger partial charge in [-0.05, 0) is 42.7 Å². The number of benzene rings is 2. The standard InChI is InChI=1S/C18H20O2/c1-3-14-5-4-6-16(10-14)19-12-17-11-15-9-13(2)7-8-18(15)20-17/h4-10,17H,3,11-12H2,1-2H3. The van der Waals surface area contributed by atoms with E-state index in [0.717, 1.165) is 24.3 Å². The van der Waals surface area contributed by atoms with Crippen molar-refractivity contribution in [2.75, 3.05) is 6.61 Å². The fourth-order valence-corrected chi connectivity index (χ4v) is 2.59. The zero-order valence-electron chi connectivity index (χ0n) is 12.1. The molecule has 1 aliphatic heterocycles. The Morgan fingerprint density at radius 3 is 2.95 bits per heavy atom. The Morgan fingerprint density at radius 2 is 2.10 bits per heavy atom. The highest BCUT2D eigenvalue weighted by molar-refractivity contribution is 5.40. The van der Waals surface area contributed by atoms with Crippen LogP contribution < -0.4 is 9.47 Å². The summed E-state index contributed by atoms with van der Waals surface area (Å²) >= 11 is 0. The van der Waals surface area contributed by atoms with Gasteiger partial charge in [0, 0.05) is 6.42 Å². The molecule has 0 spiro atoms. The molecule has 2 aromatic rings. The third-order valence-electron chi connectivity index (χ3n) is 3.70. The normalized spacial score (nSPS) is 16.6. The maximum atomic E-state index is 5.92. The molecule has 2 heteroatoms. The summed E-state index contributed by atoms with van der Waals surface area (Å²) in [5, 5.41) is 0. The van der Waals surface area contributed by atoms with Crippen molar-refractivity contribution in [3.8, 4) is 11.5 Å². The molecule has 0 N–H and O–H groups in total. The van der Waals surface area contributed by atoms with Gasteiger partial charge in [-0.2, -0.15) is 0 Å². The molecule has 1 heterocycles. The van der Waals surface area contributed by atoms with E-state index in [-0.39, 0.29) is 6.10 Å². The van der Waals surface area contributed by atoms with E-state index in [4.69, 9.17) is 9.47 Å². The summed E-state index contributed by atoms with van der Waals surface area (Å²) in [7, 11) is 0. The minimum absolute atomic E-state index is 0.122. The average Bonchev–Trinajstić information content (AvgIpc) is 2.87. The molecule has 0 aliphatic carbocycles. The molecule has 0 radical (unpaired) electrons. The highest BCUT2D eigenvalue weighted by Gasteiger charge is 2.23. The van der Waals surface area contributed by atoms with Crippen LogP contribution in [0, 0.1) is 6.92 Å². The molecule has 1 unspecified atom stereocenters. The van der Waals surface area contributed by atoms with Gasteiger partial charge in [-0.1, -0.05) is 36.8 Å². The van der Waals surface area contributed by atoms with Gasteiger partial charge in [0.05, 0.1) is 0 Å². The van der Waals surface area contributed by atoms with E-state index in [1.165, 1.54) is 16.7 Å². The Kier molecular flexibility index (Phi) is 3.64. The van der Waals surface area contributed by atoms with Gasteiger partial charge in [0.15, 0.2) is 0 Å². The van der Waals surface area contributed by atoms with Gasteiger partial charge in [0.1, 0.15) is 24.2 Å². The molecule has 0 bridgehead atoms. The SMILES string of the molecule is CCc1cccc(OCC2Cc3cc(C)ccc3O2)c1. The molecule has 1 atom stereocenters. The van der Waals surface area contributed by atoms with Crippen molar-refractivity contribution in [1.82, 2.24) is 0 Å². The molecule has 0 fully saturated rings. The van der Waals surface area contributed by atoms with Gasteiger partial charge in [-0.25, -0.2) is 0 Å². The lowest BCUT2D eigenvalue weighted by Gasteiger charge is -2.13. The number of hydrogen-bond acceptors (Lipinski definition) is 2. The van der Waals surface area contributed by atoms with Crippen molar-refractivity contribution in [1.29, 1.82) is 0 Å². The molecule has 0 aromatic heterocycles. The van der Waals surface area contributed by atoms with Crippen molar-refractivity contribution >= 4 is 0 Å². The monoisotopic (exact) mass is 268 g/mol. The third-order valence-corrected chi connectivity index (χ3v) is 3.70. The second kappa shape index (κ2) is 5.58. The van der Waals surface area contributed by atoms with Gasteiger partial charge in [-0.3, -0.25) is 0 Å². The molecule has 1 aliphatic rings. The first-order valence-electron chi connectivity index (χ1n) is 7.22. The first-order valence-corrected chi connectivity index (χ1v) is 7.22. The van der Waals surface area contributed by atoms with Crippen LogP contribution >= 0.6 is 0 Å². The maximum Gasteiger partial charge on any atom is 0.137 e. The van der Waals surface area contributed by atoms with Crippen LogP contribution in [0.4, 0.5) is 0 Å². The van der Waals surface area contributed by atoms with E-state index in [0.29, 0.717) is 6.61 Å². The van der Waals surface area contributed by atoms with E-state index in [2.05, 4.69) is 44.2 Å². The number of fused-ring (bicyclic) bond motifs is 1. The summed E-state index contributed by atoms with van der Waals surface area (Å²) in [5.41, 5.74) is 3.87. The van der Waals surface area contributed by atoms with Crippen LogP contribution in [0.25, 0.3) is 0 Å². The highest BCUT2D eigenvalue weighted by atomic mass is 16.5. The Morgan fingerprint density at radius 1 is 1.20 bits per heavy atom. The summed E-state index contributed by atoms with van der Waals surface area (Å²) in [6.45, 7) is 4.86. The van der Waals surface area contributed by atoms with Crippen LogP contribution in [0.15, 0.2) is 42.5 Å². The fourth-order valence-electron chi connectivity index (χ4n) is 2.59. The highest BCUT2D eigenvalue weighted by Crippen LogP contribution is 2.29. The van der Waals surface area contributed by atoms with Gasteiger partial charge in [0.25, 0.3) is 0 Å². The molecule has 0 amide bonds. The van der Waals surface area contributed by atoms with Crippen molar-refractivity contribution in [3.05, 3.63) is 59.2 Å². The zero-order chi connectivity index (χ0) is 13.9. The lowest BCUT2D eigenvalue weighted by molar-refractivity contribution is 0.148.